The van der Waals surface area contributed by atoms with Gasteiger partial charge in [-0.05, 0) is 45.1 Å². The van der Waals surface area contributed by atoms with E-state index in [9.17, 15) is 9.59 Å². The number of carbonyl (C=O) groups excluding carboxylic acids is 1. The van der Waals surface area contributed by atoms with Crippen LogP contribution in [0.5, 0.6) is 0 Å². The molecule has 1 aromatic heterocycles. The van der Waals surface area contributed by atoms with Crippen molar-refractivity contribution in [3.8, 4) is 0 Å². The number of carboxylic acid groups (broad SMARTS) is 1. The Hall–Kier alpha value is -1.86. The fraction of sp³-hybridized carbons (Fsp3) is 0.143. The minimum Gasteiger partial charge on any atom is -0.478 e. The van der Waals surface area contributed by atoms with Gasteiger partial charge in [-0.15, -0.1) is 11.3 Å². The monoisotopic (exact) mass is 368 g/mol. The maximum absolute atomic E-state index is 12.1. The number of nitrogens with zero attached hydrogens (tertiary/aromatic N) is 1. The first-order chi connectivity index (χ1) is 9.97. The summed E-state index contributed by atoms with van der Waals surface area (Å²) in [7, 11) is 1.66. The van der Waals surface area contributed by atoms with Crippen LogP contribution in [0.25, 0.3) is 0 Å². The maximum Gasteiger partial charge on any atom is 0.337 e. The molecule has 7 heteroatoms. The Kier molecular flexibility index (Phi) is 4.98. The summed E-state index contributed by atoms with van der Waals surface area (Å²) in [5, 5.41) is 13.7. The second-order valence-corrected chi connectivity index (χ2v) is 6.69. The molecule has 2 N–H and O–H groups in total. The molecule has 2 amide bonds. The molecule has 110 valence electrons. The number of thiophene rings is 1. The number of hydrogen-bond donors (Lipinski definition) is 2. The zero-order valence-corrected chi connectivity index (χ0v) is 13.6. The largest absolute Gasteiger partial charge is 0.478 e. The normalized spacial score (nSPS) is 10.2. The van der Waals surface area contributed by atoms with Gasteiger partial charge in [0, 0.05) is 13.6 Å². The number of halogens is 1. The van der Waals surface area contributed by atoms with Crippen molar-refractivity contribution in [2.75, 3.05) is 12.4 Å². The van der Waals surface area contributed by atoms with Crippen LogP contribution in [0.3, 0.4) is 0 Å². The lowest BCUT2D eigenvalue weighted by Gasteiger charge is -2.18. The van der Waals surface area contributed by atoms with E-state index in [0.29, 0.717) is 6.54 Å². The highest BCUT2D eigenvalue weighted by molar-refractivity contribution is 9.11. The molecule has 0 atom stereocenters. The van der Waals surface area contributed by atoms with Crippen molar-refractivity contribution < 1.29 is 14.7 Å². The van der Waals surface area contributed by atoms with Gasteiger partial charge in [-0.2, -0.15) is 0 Å². The molecule has 0 saturated heterocycles. The van der Waals surface area contributed by atoms with E-state index in [1.807, 2.05) is 11.4 Å². The lowest BCUT2D eigenvalue weighted by atomic mass is 10.2. The van der Waals surface area contributed by atoms with Crippen molar-refractivity contribution in [3.05, 3.63) is 50.6 Å². The van der Waals surface area contributed by atoms with Crippen LogP contribution in [0.15, 0.2) is 39.5 Å². The van der Waals surface area contributed by atoms with E-state index < -0.39 is 5.97 Å². The van der Waals surface area contributed by atoms with Crippen LogP contribution < -0.4 is 5.32 Å². The number of nitrogens with one attached hydrogen (secondary N) is 1. The van der Waals surface area contributed by atoms with Crippen LogP contribution in [0.2, 0.25) is 0 Å². The first-order valence-electron chi connectivity index (χ1n) is 6.04. The minimum absolute atomic E-state index is 0.0672. The standard InChI is InChI=1S/C14H13BrN2O3S/c1-17(7-9-6-12(15)21-8-9)14(20)16-11-5-3-2-4-10(11)13(18)19/h2-6,8H,7H2,1H3,(H,16,20)(H,18,19). The van der Waals surface area contributed by atoms with Crippen LogP contribution in [0, 0.1) is 0 Å². The summed E-state index contributed by atoms with van der Waals surface area (Å²) in [6.07, 6.45) is 0. The summed E-state index contributed by atoms with van der Waals surface area (Å²) in [5.74, 6) is -1.07. The topological polar surface area (TPSA) is 69.6 Å². The Morgan fingerprint density at radius 2 is 2.10 bits per heavy atom. The van der Waals surface area contributed by atoms with E-state index in [0.717, 1.165) is 9.35 Å². The molecule has 2 aromatic rings. The smallest absolute Gasteiger partial charge is 0.337 e. The molecule has 2 rings (SSSR count). The van der Waals surface area contributed by atoms with Crippen LogP contribution >= 0.6 is 27.3 Å². The average Bonchev–Trinajstić information content (AvgIpc) is 2.84. The Balaban J connectivity index is 2.05. The van der Waals surface area contributed by atoms with Crippen molar-refractivity contribution in [2.45, 2.75) is 6.54 Å². The van der Waals surface area contributed by atoms with Gasteiger partial charge in [0.15, 0.2) is 0 Å². The van der Waals surface area contributed by atoms with Crippen molar-refractivity contribution in [2.24, 2.45) is 0 Å². The molecular weight excluding hydrogens is 356 g/mol. The number of rotatable bonds is 4. The summed E-state index contributed by atoms with van der Waals surface area (Å²) in [6.45, 7) is 0.448. The molecule has 1 aromatic carbocycles. The lowest BCUT2D eigenvalue weighted by Crippen LogP contribution is -2.31. The Morgan fingerprint density at radius 1 is 1.38 bits per heavy atom. The number of carboxylic acids is 1. The number of aromatic carboxylic acids is 1. The van der Waals surface area contributed by atoms with Crippen molar-refractivity contribution >= 4 is 45.0 Å². The van der Waals surface area contributed by atoms with E-state index >= 15 is 0 Å². The summed E-state index contributed by atoms with van der Waals surface area (Å²) < 4.78 is 1.00. The number of anilines is 1. The number of hydrogen-bond acceptors (Lipinski definition) is 3. The van der Waals surface area contributed by atoms with Crippen LogP contribution in [-0.4, -0.2) is 29.1 Å². The fourth-order valence-electron chi connectivity index (χ4n) is 1.76. The predicted molar refractivity (Wildman–Crippen MR) is 85.9 cm³/mol. The van der Waals surface area contributed by atoms with Gasteiger partial charge < -0.3 is 15.3 Å². The van der Waals surface area contributed by atoms with E-state index in [2.05, 4.69) is 21.2 Å². The number of carbonyl (C=O) groups is 2. The van der Waals surface area contributed by atoms with E-state index in [1.54, 1.807) is 36.6 Å². The molecule has 0 aliphatic carbocycles. The van der Waals surface area contributed by atoms with Gasteiger partial charge in [0.25, 0.3) is 0 Å². The summed E-state index contributed by atoms with van der Waals surface area (Å²) >= 11 is 4.92. The van der Waals surface area contributed by atoms with Gasteiger partial charge in [0.05, 0.1) is 15.0 Å². The third kappa shape index (κ3) is 4.05. The Bertz CT molecular complexity index is 672. The molecule has 0 bridgehead atoms. The molecule has 0 unspecified atom stereocenters. The van der Waals surface area contributed by atoms with E-state index in [1.165, 1.54) is 11.0 Å². The maximum atomic E-state index is 12.1. The predicted octanol–water partition coefficient (Wildman–Crippen LogP) is 3.87. The first kappa shape index (κ1) is 15.5. The average molecular weight is 369 g/mol. The third-order valence-corrected chi connectivity index (χ3v) is 4.34. The SMILES string of the molecule is CN(Cc1csc(Br)c1)C(=O)Nc1ccccc1C(=O)O. The zero-order valence-electron chi connectivity index (χ0n) is 11.2. The van der Waals surface area contributed by atoms with Gasteiger partial charge in [0.1, 0.15) is 0 Å². The molecule has 21 heavy (non-hydrogen) atoms. The van der Waals surface area contributed by atoms with Gasteiger partial charge in [0.2, 0.25) is 0 Å². The number of urea groups is 1. The number of benzene rings is 1. The molecule has 0 saturated carbocycles. The lowest BCUT2D eigenvalue weighted by molar-refractivity contribution is 0.0698. The molecule has 0 aliphatic rings. The highest BCUT2D eigenvalue weighted by Crippen LogP contribution is 2.22. The fourth-order valence-corrected chi connectivity index (χ4v) is 2.96. The van der Waals surface area contributed by atoms with Gasteiger partial charge in [-0.3, -0.25) is 0 Å². The van der Waals surface area contributed by atoms with Gasteiger partial charge >= 0.3 is 12.0 Å². The van der Waals surface area contributed by atoms with Gasteiger partial charge in [-0.1, -0.05) is 12.1 Å². The minimum atomic E-state index is -1.07. The van der Waals surface area contributed by atoms with E-state index in [-0.39, 0.29) is 17.3 Å². The molecule has 0 radical (unpaired) electrons. The zero-order chi connectivity index (χ0) is 15.4. The van der Waals surface area contributed by atoms with Gasteiger partial charge in [-0.25, -0.2) is 9.59 Å². The Morgan fingerprint density at radius 3 is 2.71 bits per heavy atom. The third-order valence-electron chi connectivity index (χ3n) is 2.79. The molecule has 1 heterocycles. The Labute approximate surface area is 134 Å². The number of para-hydroxylation sites is 1. The molecule has 5 nitrogen and oxygen atoms in total. The van der Waals surface area contributed by atoms with Crippen LogP contribution in [-0.2, 0) is 6.54 Å². The molecule has 0 spiro atoms. The van der Waals surface area contributed by atoms with Crippen LogP contribution in [0.1, 0.15) is 15.9 Å². The van der Waals surface area contributed by atoms with Crippen LogP contribution in [0.4, 0.5) is 10.5 Å². The van der Waals surface area contributed by atoms with Crippen molar-refractivity contribution in [3.63, 3.8) is 0 Å². The molecule has 0 aliphatic heterocycles. The van der Waals surface area contributed by atoms with Crippen molar-refractivity contribution in [1.29, 1.82) is 0 Å². The highest BCUT2D eigenvalue weighted by atomic mass is 79.9. The summed E-state index contributed by atoms with van der Waals surface area (Å²) in [4.78, 5) is 24.7. The quantitative estimate of drug-likeness (QED) is 0.860. The summed E-state index contributed by atoms with van der Waals surface area (Å²) in [6, 6.07) is 7.90. The first-order valence-corrected chi connectivity index (χ1v) is 7.72. The molecular formula is C14H13BrN2O3S. The number of amides is 2. The second-order valence-electron chi connectivity index (χ2n) is 4.40. The second kappa shape index (κ2) is 6.73. The van der Waals surface area contributed by atoms with E-state index in [4.69, 9.17) is 5.11 Å². The van der Waals surface area contributed by atoms with Crippen molar-refractivity contribution in [1.82, 2.24) is 4.90 Å². The molecule has 0 fully saturated rings. The highest BCUT2D eigenvalue weighted by Gasteiger charge is 2.14. The summed E-state index contributed by atoms with van der Waals surface area (Å²) in [5.41, 5.74) is 1.36.